The predicted molar refractivity (Wildman–Crippen MR) is 113 cm³/mol. The van der Waals surface area contributed by atoms with Crippen molar-refractivity contribution >= 4 is 23.2 Å². The number of ether oxygens (including phenoxy) is 2. The fraction of sp³-hybridized carbons (Fsp3) is 0.300. The average Bonchev–Trinajstić information content (AvgIpc) is 2.69. The lowest BCUT2D eigenvalue weighted by Crippen LogP contribution is -2.43. The summed E-state index contributed by atoms with van der Waals surface area (Å²) in [6.07, 6.45) is 0. The molecule has 8 nitrogen and oxygen atoms in total. The summed E-state index contributed by atoms with van der Waals surface area (Å²) < 4.78 is 11.8. The molecule has 0 aliphatic carbocycles. The van der Waals surface area contributed by atoms with Gasteiger partial charge in [-0.2, -0.15) is 5.26 Å². The molecule has 1 heterocycles. The Morgan fingerprint density at radius 3 is 2.55 bits per heavy atom. The number of aryl methyl sites for hydroxylation is 2. The molecular weight excluding hydrogens is 392 g/mol. The number of pyridine rings is 1. The highest BCUT2D eigenvalue weighted by Gasteiger charge is 2.13. The number of nitrogens with one attached hydrogen (secondary N) is 2. The summed E-state index contributed by atoms with van der Waals surface area (Å²) >= 11 is 5.13. The first-order valence-electron chi connectivity index (χ1n) is 8.93. The average molecular weight is 414 g/mol. The summed E-state index contributed by atoms with van der Waals surface area (Å²) in [5, 5.41) is 11.6. The highest BCUT2D eigenvalue weighted by molar-refractivity contribution is 7.80. The molecule has 0 bridgehead atoms. The van der Waals surface area contributed by atoms with Gasteiger partial charge in [-0.25, -0.2) is 4.68 Å². The van der Waals surface area contributed by atoms with E-state index in [-0.39, 0.29) is 10.7 Å². The zero-order chi connectivity index (χ0) is 21.4. The first kappa shape index (κ1) is 22.1. The first-order valence-corrected chi connectivity index (χ1v) is 9.34. The summed E-state index contributed by atoms with van der Waals surface area (Å²) in [4.78, 5) is 24.7. The summed E-state index contributed by atoms with van der Waals surface area (Å²) in [6, 6.07) is 10.1. The smallest absolute Gasteiger partial charge is 0.287 e. The Labute approximate surface area is 174 Å². The SMILES string of the molecule is CCOCCOc1ccc(C(=O)NC(=S)Nn2c(C)cc(C)c(C#N)c2=O)cc1. The molecule has 0 saturated carbocycles. The molecule has 0 saturated heterocycles. The van der Waals surface area contributed by atoms with Crippen LogP contribution in [0.2, 0.25) is 0 Å². The Morgan fingerprint density at radius 1 is 1.24 bits per heavy atom. The molecule has 2 aromatic rings. The number of amides is 1. The van der Waals surface area contributed by atoms with Gasteiger partial charge in [-0.15, -0.1) is 0 Å². The molecule has 152 valence electrons. The molecule has 0 spiro atoms. The highest BCUT2D eigenvalue weighted by Crippen LogP contribution is 2.12. The van der Waals surface area contributed by atoms with Gasteiger partial charge in [-0.05, 0) is 68.9 Å². The van der Waals surface area contributed by atoms with Gasteiger partial charge in [0.25, 0.3) is 11.5 Å². The number of nitrogens with zero attached hydrogens (tertiary/aromatic N) is 2. The molecule has 2 rings (SSSR count). The summed E-state index contributed by atoms with van der Waals surface area (Å²) in [7, 11) is 0. The van der Waals surface area contributed by atoms with E-state index in [2.05, 4.69) is 10.7 Å². The van der Waals surface area contributed by atoms with Gasteiger partial charge in [0.05, 0.1) is 6.61 Å². The van der Waals surface area contributed by atoms with Crippen LogP contribution in [0.4, 0.5) is 0 Å². The van der Waals surface area contributed by atoms with E-state index in [1.165, 1.54) is 0 Å². The third-order valence-electron chi connectivity index (χ3n) is 3.96. The van der Waals surface area contributed by atoms with Crippen LogP contribution in [-0.4, -0.2) is 35.5 Å². The number of hydrogen-bond acceptors (Lipinski definition) is 6. The number of rotatable bonds is 7. The predicted octanol–water partition coefficient (Wildman–Crippen LogP) is 2.01. The molecule has 0 aliphatic rings. The van der Waals surface area contributed by atoms with Crippen LogP contribution in [0.3, 0.4) is 0 Å². The Hall–Kier alpha value is -3.22. The summed E-state index contributed by atoms with van der Waals surface area (Å²) in [6.45, 7) is 6.82. The lowest BCUT2D eigenvalue weighted by Gasteiger charge is -2.15. The quantitative estimate of drug-likeness (QED) is 0.527. The molecule has 1 aromatic heterocycles. The number of thiocarbonyl (C=S) groups is 1. The second-order valence-electron chi connectivity index (χ2n) is 6.06. The van der Waals surface area contributed by atoms with Crippen molar-refractivity contribution in [2.75, 3.05) is 25.2 Å². The summed E-state index contributed by atoms with van der Waals surface area (Å²) in [5.74, 6) is 0.175. The number of nitriles is 1. The van der Waals surface area contributed by atoms with Gasteiger partial charge in [0.1, 0.15) is 24.0 Å². The largest absolute Gasteiger partial charge is 0.491 e. The maximum atomic E-state index is 12.4. The van der Waals surface area contributed by atoms with E-state index < -0.39 is 11.5 Å². The van der Waals surface area contributed by atoms with E-state index in [9.17, 15) is 9.59 Å². The topological polar surface area (TPSA) is 105 Å². The molecule has 0 fully saturated rings. The molecule has 0 atom stereocenters. The van der Waals surface area contributed by atoms with E-state index in [1.807, 2.05) is 13.0 Å². The van der Waals surface area contributed by atoms with E-state index in [4.69, 9.17) is 27.0 Å². The van der Waals surface area contributed by atoms with Crippen molar-refractivity contribution in [1.82, 2.24) is 9.99 Å². The molecule has 0 aliphatic heterocycles. The number of carbonyl (C=O) groups is 1. The zero-order valence-corrected chi connectivity index (χ0v) is 17.3. The van der Waals surface area contributed by atoms with Crippen LogP contribution in [0.25, 0.3) is 0 Å². The molecule has 1 aromatic carbocycles. The van der Waals surface area contributed by atoms with Gasteiger partial charge < -0.3 is 9.47 Å². The Bertz CT molecular complexity index is 993. The van der Waals surface area contributed by atoms with Crippen LogP contribution >= 0.6 is 12.2 Å². The van der Waals surface area contributed by atoms with Gasteiger partial charge in [-0.3, -0.25) is 20.3 Å². The Kier molecular flexibility index (Phi) is 7.88. The molecule has 0 unspecified atom stereocenters. The maximum Gasteiger partial charge on any atom is 0.287 e. The third kappa shape index (κ3) is 5.88. The molecular formula is C20H22N4O4S. The van der Waals surface area contributed by atoms with Crippen LogP contribution < -0.4 is 21.0 Å². The monoisotopic (exact) mass is 414 g/mol. The second-order valence-corrected chi connectivity index (χ2v) is 6.47. The second kappa shape index (κ2) is 10.4. The number of hydrogen-bond donors (Lipinski definition) is 2. The van der Waals surface area contributed by atoms with Crippen LogP contribution in [0.15, 0.2) is 35.1 Å². The fourth-order valence-electron chi connectivity index (χ4n) is 2.54. The Balaban J connectivity index is 2.00. The molecule has 1 amide bonds. The molecule has 9 heteroatoms. The summed E-state index contributed by atoms with van der Waals surface area (Å²) in [5.41, 5.74) is 3.63. The Morgan fingerprint density at radius 2 is 1.93 bits per heavy atom. The lowest BCUT2D eigenvalue weighted by atomic mass is 10.1. The molecule has 0 radical (unpaired) electrons. The van der Waals surface area contributed by atoms with Crippen LogP contribution in [-0.2, 0) is 4.74 Å². The third-order valence-corrected chi connectivity index (χ3v) is 4.15. The first-order chi connectivity index (χ1) is 13.9. The number of aromatic nitrogens is 1. The van der Waals surface area contributed by atoms with Crippen molar-refractivity contribution in [3.05, 3.63) is 63.1 Å². The van der Waals surface area contributed by atoms with Crippen molar-refractivity contribution in [3.8, 4) is 11.8 Å². The molecule has 29 heavy (non-hydrogen) atoms. The van der Waals surface area contributed by atoms with E-state index in [1.54, 1.807) is 44.2 Å². The van der Waals surface area contributed by atoms with E-state index in [0.717, 1.165) is 4.68 Å². The van der Waals surface area contributed by atoms with Crippen molar-refractivity contribution in [1.29, 1.82) is 5.26 Å². The van der Waals surface area contributed by atoms with Gasteiger partial charge in [0, 0.05) is 17.9 Å². The minimum absolute atomic E-state index is 0.0113. The van der Waals surface area contributed by atoms with Crippen molar-refractivity contribution < 1.29 is 14.3 Å². The zero-order valence-electron chi connectivity index (χ0n) is 16.4. The van der Waals surface area contributed by atoms with Gasteiger partial charge in [0.2, 0.25) is 0 Å². The maximum absolute atomic E-state index is 12.4. The van der Waals surface area contributed by atoms with Gasteiger partial charge in [0.15, 0.2) is 5.11 Å². The standard InChI is InChI=1S/C20H22N4O4S/c1-4-27-9-10-28-16-7-5-15(6-8-16)18(25)22-20(29)23-24-14(3)11-13(2)17(12-21)19(24)26/h5-8,11H,4,9-10H2,1-3H3,(H2,22,23,25,29). The van der Waals surface area contributed by atoms with Crippen molar-refractivity contribution in [2.24, 2.45) is 0 Å². The fourth-order valence-corrected chi connectivity index (χ4v) is 2.72. The van der Waals surface area contributed by atoms with E-state index >= 15 is 0 Å². The number of benzene rings is 1. The van der Waals surface area contributed by atoms with Gasteiger partial charge >= 0.3 is 0 Å². The van der Waals surface area contributed by atoms with E-state index in [0.29, 0.717) is 42.4 Å². The van der Waals surface area contributed by atoms with Crippen LogP contribution in [0.1, 0.15) is 34.1 Å². The number of carbonyl (C=O) groups excluding carboxylic acids is 1. The van der Waals surface area contributed by atoms with Gasteiger partial charge in [-0.1, -0.05) is 0 Å². The van der Waals surface area contributed by atoms with Crippen molar-refractivity contribution in [2.45, 2.75) is 20.8 Å². The normalized spacial score (nSPS) is 10.1. The minimum Gasteiger partial charge on any atom is -0.491 e. The van der Waals surface area contributed by atoms with Crippen molar-refractivity contribution in [3.63, 3.8) is 0 Å². The minimum atomic E-state index is -0.532. The van der Waals surface area contributed by atoms with Crippen LogP contribution in [0, 0.1) is 25.2 Å². The van der Waals surface area contributed by atoms with Crippen LogP contribution in [0.5, 0.6) is 5.75 Å². The highest BCUT2D eigenvalue weighted by atomic mass is 32.1. The molecule has 2 N–H and O–H groups in total. The lowest BCUT2D eigenvalue weighted by molar-refractivity contribution is 0.0977.